The van der Waals surface area contributed by atoms with E-state index in [1.165, 1.54) is 4.52 Å². The maximum absolute atomic E-state index is 13.0. The SMILES string of the molecule is Cc1cc(N2CCCC(c3n[nH]c(C)n3)C2)n2nc(C(F)(F)F)nc2n1. The van der Waals surface area contributed by atoms with E-state index in [0.717, 1.165) is 24.5 Å². The molecule has 4 rings (SSSR count). The molecule has 1 unspecified atom stereocenters. The maximum Gasteiger partial charge on any atom is 0.453 e. The standard InChI is InChI=1S/C15H17F3N8/c1-8-6-11(26-14(19-8)21-13(24-26)15(16,17)18)25-5-3-4-10(7-25)12-20-9(2)22-23-12/h6,10H,3-5,7H2,1-2H3,(H,20,22,23). The Labute approximate surface area is 146 Å². The van der Waals surface area contributed by atoms with Gasteiger partial charge in [-0.15, -0.1) is 5.10 Å². The molecule has 138 valence electrons. The van der Waals surface area contributed by atoms with Crippen molar-refractivity contribution in [1.82, 2.24) is 34.8 Å². The minimum Gasteiger partial charge on any atom is -0.356 e. The van der Waals surface area contributed by atoms with Gasteiger partial charge in [-0.05, 0) is 26.7 Å². The molecule has 1 N–H and O–H groups in total. The minimum atomic E-state index is -4.61. The van der Waals surface area contributed by atoms with Crippen LogP contribution in [0.2, 0.25) is 0 Å². The normalized spacial score (nSPS) is 18.7. The van der Waals surface area contributed by atoms with E-state index in [2.05, 4.69) is 30.2 Å². The average Bonchev–Trinajstić information content (AvgIpc) is 3.20. The second-order valence-electron chi connectivity index (χ2n) is 6.46. The van der Waals surface area contributed by atoms with Gasteiger partial charge in [0.2, 0.25) is 0 Å². The third-order valence-electron chi connectivity index (χ3n) is 4.40. The Balaban J connectivity index is 1.72. The summed E-state index contributed by atoms with van der Waals surface area (Å²) < 4.78 is 40.1. The Morgan fingerprint density at radius 2 is 2.00 bits per heavy atom. The van der Waals surface area contributed by atoms with Crippen LogP contribution in [0.15, 0.2) is 6.07 Å². The van der Waals surface area contributed by atoms with Gasteiger partial charge in [0.1, 0.15) is 11.6 Å². The van der Waals surface area contributed by atoms with Gasteiger partial charge in [-0.1, -0.05) is 0 Å². The molecule has 1 aliphatic rings. The predicted octanol–water partition coefficient (Wildman–Crippen LogP) is 2.26. The summed E-state index contributed by atoms with van der Waals surface area (Å²) in [5.74, 6) is 0.877. The van der Waals surface area contributed by atoms with Crippen LogP contribution in [0.3, 0.4) is 0 Å². The van der Waals surface area contributed by atoms with Crippen LogP contribution in [0.4, 0.5) is 19.0 Å². The Kier molecular flexibility index (Phi) is 3.81. The summed E-state index contributed by atoms with van der Waals surface area (Å²) in [6, 6.07) is 1.73. The monoisotopic (exact) mass is 366 g/mol. The molecule has 3 aromatic rings. The Morgan fingerprint density at radius 3 is 2.69 bits per heavy atom. The number of aromatic nitrogens is 7. The Bertz CT molecular complexity index is 944. The summed E-state index contributed by atoms with van der Waals surface area (Å²) >= 11 is 0. The van der Waals surface area contributed by atoms with Crippen LogP contribution >= 0.6 is 0 Å². The van der Waals surface area contributed by atoms with Crippen molar-refractivity contribution in [3.63, 3.8) is 0 Å². The van der Waals surface area contributed by atoms with Crippen molar-refractivity contribution in [3.05, 3.63) is 29.2 Å². The number of rotatable bonds is 2. The first-order chi connectivity index (χ1) is 12.3. The van der Waals surface area contributed by atoms with Gasteiger partial charge in [0.25, 0.3) is 11.6 Å². The molecule has 0 saturated carbocycles. The van der Waals surface area contributed by atoms with E-state index in [-0.39, 0.29) is 11.7 Å². The number of hydrogen-bond acceptors (Lipinski definition) is 6. The smallest absolute Gasteiger partial charge is 0.356 e. The molecule has 0 bridgehead atoms. The van der Waals surface area contributed by atoms with E-state index in [9.17, 15) is 13.2 Å². The molecule has 0 spiro atoms. The molecule has 1 aliphatic heterocycles. The molecule has 1 saturated heterocycles. The van der Waals surface area contributed by atoms with Crippen molar-refractivity contribution < 1.29 is 13.2 Å². The first kappa shape index (κ1) is 16.7. The molecule has 0 aromatic carbocycles. The van der Waals surface area contributed by atoms with Gasteiger partial charge in [-0.3, -0.25) is 5.10 Å². The van der Waals surface area contributed by atoms with Gasteiger partial charge in [0.15, 0.2) is 5.82 Å². The number of nitrogens with one attached hydrogen (secondary N) is 1. The fraction of sp³-hybridized carbons (Fsp3) is 0.533. The fourth-order valence-electron chi connectivity index (χ4n) is 3.25. The molecule has 3 aromatic heterocycles. The number of aromatic amines is 1. The molecule has 1 atom stereocenters. The zero-order valence-corrected chi connectivity index (χ0v) is 14.2. The zero-order chi connectivity index (χ0) is 18.5. The minimum absolute atomic E-state index is 0.0526. The lowest BCUT2D eigenvalue weighted by atomic mass is 9.97. The third-order valence-corrected chi connectivity index (χ3v) is 4.40. The number of hydrogen-bond donors (Lipinski definition) is 1. The van der Waals surface area contributed by atoms with E-state index >= 15 is 0 Å². The number of piperidine rings is 1. The molecule has 0 aliphatic carbocycles. The van der Waals surface area contributed by atoms with Crippen LogP contribution in [0.5, 0.6) is 0 Å². The van der Waals surface area contributed by atoms with E-state index < -0.39 is 12.0 Å². The van der Waals surface area contributed by atoms with Crippen LogP contribution in [-0.2, 0) is 6.18 Å². The van der Waals surface area contributed by atoms with Crippen molar-refractivity contribution >= 4 is 11.6 Å². The molecule has 0 radical (unpaired) electrons. The van der Waals surface area contributed by atoms with Crippen LogP contribution in [0.25, 0.3) is 5.78 Å². The lowest BCUT2D eigenvalue weighted by molar-refractivity contribution is -0.144. The lowest BCUT2D eigenvalue weighted by Crippen LogP contribution is -2.36. The van der Waals surface area contributed by atoms with Gasteiger partial charge >= 0.3 is 6.18 Å². The van der Waals surface area contributed by atoms with Crippen LogP contribution < -0.4 is 4.90 Å². The second kappa shape index (κ2) is 5.92. The highest BCUT2D eigenvalue weighted by molar-refractivity contribution is 5.48. The van der Waals surface area contributed by atoms with Gasteiger partial charge in [-0.25, -0.2) is 9.97 Å². The first-order valence-electron chi connectivity index (χ1n) is 8.27. The highest BCUT2D eigenvalue weighted by Gasteiger charge is 2.37. The number of halogens is 3. The number of H-pyrrole nitrogens is 1. The molecule has 1 fully saturated rings. The quantitative estimate of drug-likeness (QED) is 0.749. The van der Waals surface area contributed by atoms with Gasteiger partial charge in [0, 0.05) is 30.8 Å². The third kappa shape index (κ3) is 2.97. The van der Waals surface area contributed by atoms with Crippen molar-refractivity contribution in [1.29, 1.82) is 0 Å². The topological polar surface area (TPSA) is 87.9 Å². The van der Waals surface area contributed by atoms with Gasteiger partial charge < -0.3 is 4.90 Å². The summed E-state index contributed by atoms with van der Waals surface area (Å²) in [5, 5.41) is 10.7. The maximum atomic E-state index is 13.0. The van der Waals surface area contributed by atoms with Crippen molar-refractivity contribution in [2.45, 2.75) is 38.8 Å². The number of aryl methyl sites for hydroxylation is 2. The van der Waals surface area contributed by atoms with Gasteiger partial charge in [-0.2, -0.15) is 27.8 Å². The van der Waals surface area contributed by atoms with Crippen LogP contribution in [0, 0.1) is 13.8 Å². The average molecular weight is 366 g/mol. The van der Waals surface area contributed by atoms with E-state index in [4.69, 9.17) is 0 Å². The molecular weight excluding hydrogens is 349 g/mol. The van der Waals surface area contributed by atoms with Crippen molar-refractivity contribution in [2.75, 3.05) is 18.0 Å². The highest BCUT2D eigenvalue weighted by atomic mass is 19.4. The number of alkyl halides is 3. The molecule has 8 nitrogen and oxygen atoms in total. The summed E-state index contributed by atoms with van der Waals surface area (Å²) in [6.45, 7) is 4.86. The van der Waals surface area contributed by atoms with Crippen molar-refractivity contribution in [3.8, 4) is 0 Å². The Hall–Kier alpha value is -2.72. The highest BCUT2D eigenvalue weighted by Crippen LogP contribution is 2.31. The molecule has 11 heteroatoms. The van der Waals surface area contributed by atoms with E-state index in [1.807, 2.05) is 11.8 Å². The molecule has 4 heterocycles. The van der Waals surface area contributed by atoms with Gasteiger partial charge in [0.05, 0.1) is 0 Å². The van der Waals surface area contributed by atoms with E-state index in [1.54, 1.807) is 13.0 Å². The van der Waals surface area contributed by atoms with E-state index in [0.29, 0.717) is 24.6 Å². The first-order valence-corrected chi connectivity index (χ1v) is 8.27. The fourth-order valence-corrected chi connectivity index (χ4v) is 3.25. The largest absolute Gasteiger partial charge is 0.453 e. The summed E-state index contributed by atoms with van der Waals surface area (Å²) in [6.07, 6.45) is -2.81. The van der Waals surface area contributed by atoms with Crippen LogP contribution in [-0.4, -0.2) is 47.9 Å². The summed E-state index contributed by atoms with van der Waals surface area (Å²) in [4.78, 5) is 14.0. The molecule has 0 amide bonds. The number of nitrogens with zero attached hydrogens (tertiary/aromatic N) is 7. The molecule has 26 heavy (non-hydrogen) atoms. The second-order valence-corrected chi connectivity index (χ2v) is 6.46. The zero-order valence-electron chi connectivity index (χ0n) is 14.2. The molecular formula is C15H17F3N8. The van der Waals surface area contributed by atoms with Crippen LogP contribution in [0.1, 0.15) is 41.9 Å². The lowest BCUT2D eigenvalue weighted by Gasteiger charge is -2.33. The predicted molar refractivity (Wildman–Crippen MR) is 85.8 cm³/mol. The summed E-state index contributed by atoms with van der Waals surface area (Å²) in [7, 11) is 0. The van der Waals surface area contributed by atoms with Crippen molar-refractivity contribution in [2.24, 2.45) is 0 Å². The number of anilines is 1. The number of fused-ring (bicyclic) bond motifs is 1. The summed E-state index contributed by atoms with van der Waals surface area (Å²) in [5.41, 5.74) is 0.587. The Morgan fingerprint density at radius 1 is 1.19 bits per heavy atom.